The first-order valence-electron chi connectivity index (χ1n) is 10.6. The zero-order valence-corrected chi connectivity index (χ0v) is 18.1. The largest absolute Gasteiger partial charge is 0.508 e. The van der Waals surface area contributed by atoms with E-state index < -0.39 is 5.97 Å². The summed E-state index contributed by atoms with van der Waals surface area (Å²) >= 11 is 13.1. The van der Waals surface area contributed by atoms with Crippen LogP contribution in [0.3, 0.4) is 0 Å². The molecule has 0 aliphatic heterocycles. The van der Waals surface area contributed by atoms with Crippen LogP contribution in [0.15, 0.2) is 36.4 Å². The molecule has 2 N–H and O–H groups in total. The van der Waals surface area contributed by atoms with Crippen LogP contribution in [0.2, 0.25) is 10.0 Å². The highest BCUT2D eigenvalue weighted by Gasteiger charge is 2.52. The first-order valence-corrected chi connectivity index (χ1v) is 11.3. The van der Waals surface area contributed by atoms with Gasteiger partial charge in [0.05, 0.1) is 10.0 Å². The third-order valence-electron chi connectivity index (χ3n) is 7.38. The second-order valence-corrected chi connectivity index (χ2v) is 10.3. The number of carbonyl (C=O) groups is 1. The van der Waals surface area contributed by atoms with Crippen LogP contribution in [0.4, 0.5) is 0 Å². The molecule has 0 unspecified atom stereocenters. The third kappa shape index (κ3) is 3.42. The molecule has 2 aromatic carbocycles. The maximum Gasteiger partial charge on any atom is 0.328 e. The molecule has 6 rings (SSSR count). The van der Waals surface area contributed by atoms with Crippen molar-refractivity contribution in [1.29, 1.82) is 0 Å². The molecule has 156 valence electrons. The number of phenols is 1. The van der Waals surface area contributed by atoms with E-state index in [1.165, 1.54) is 25.3 Å². The molecule has 30 heavy (non-hydrogen) atoms. The monoisotopic (exact) mass is 442 g/mol. The van der Waals surface area contributed by atoms with Crippen LogP contribution in [0.5, 0.6) is 5.75 Å². The number of carboxylic acids is 1. The summed E-state index contributed by atoms with van der Waals surface area (Å²) in [4.78, 5) is 10.8. The second-order valence-electron chi connectivity index (χ2n) is 9.46. The highest BCUT2D eigenvalue weighted by molar-refractivity contribution is 6.39. The highest BCUT2D eigenvalue weighted by atomic mass is 35.5. The van der Waals surface area contributed by atoms with Crippen molar-refractivity contribution in [2.75, 3.05) is 0 Å². The number of hydrogen-bond acceptors (Lipinski definition) is 2. The van der Waals surface area contributed by atoms with E-state index in [0.29, 0.717) is 21.4 Å². The number of halogens is 2. The van der Waals surface area contributed by atoms with Crippen LogP contribution in [0.25, 0.3) is 17.2 Å². The minimum Gasteiger partial charge on any atom is -0.508 e. The third-order valence-corrected chi connectivity index (χ3v) is 7.97. The smallest absolute Gasteiger partial charge is 0.328 e. The lowest BCUT2D eigenvalue weighted by Gasteiger charge is -2.57. The fourth-order valence-electron chi connectivity index (χ4n) is 6.69. The van der Waals surface area contributed by atoms with Crippen molar-refractivity contribution in [2.24, 2.45) is 17.8 Å². The lowest BCUT2D eigenvalue weighted by atomic mass is 9.48. The average molecular weight is 443 g/mol. The molecule has 2 aromatic rings. The molecule has 0 amide bonds. The zero-order chi connectivity index (χ0) is 21.0. The van der Waals surface area contributed by atoms with Gasteiger partial charge in [-0.2, -0.15) is 0 Å². The summed E-state index contributed by atoms with van der Waals surface area (Å²) in [5.74, 6) is 1.70. The number of aromatic hydroxyl groups is 1. The van der Waals surface area contributed by atoms with E-state index in [9.17, 15) is 9.90 Å². The lowest BCUT2D eigenvalue weighted by molar-refractivity contribution is -0.131. The normalized spacial score (nSPS) is 29.6. The molecule has 0 saturated heterocycles. The lowest BCUT2D eigenvalue weighted by Crippen LogP contribution is -2.48. The van der Waals surface area contributed by atoms with Crippen LogP contribution in [0, 0.1) is 17.8 Å². The second kappa shape index (κ2) is 7.32. The predicted molar refractivity (Wildman–Crippen MR) is 120 cm³/mol. The van der Waals surface area contributed by atoms with Crippen LogP contribution < -0.4 is 0 Å². The quantitative estimate of drug-likeness (QED) is 0.504. The van der Waals surface area contributed by atoms with Crippen LogP contribution in [0.1, 0.15) is 49.7 Å². The molecule has 4 aliphatic carbocycles. The van der Waals surface area contributed by atoms with Crippen molar-refractivity contribution in [3.05, 3.63) is 57.6 Å². The molecule has 4 aliphatic rings. The molecule has 0 atom stereocenters. The van der Waals surface area contributed by atoms with Gasteiger partial charge in [0.15, 0.2) is 0 Å². The Kier molecular flexibility index (Phi) is 4.87. The topological polar surface area (TPSA) is 57.5 Å². The molecule has 0 radical (unpaired) electrons. The summed E-state index contributed by atoms with van der Waals surface area (Å²) in [6.45, 7) is 0. The van der Waals surface area contributed by atoms with Gasteiger partial charge in [-0.05, 0) is 103 Å². The van der Waals surface area contributed by atoms with Gasteiger partial charge in [-0.3, -0.25) is 0 Å². The van der Waals surface area contributed by atoms with E-state index in [1.54, 1.807) is 18.2 Å². The fraction of sp³-hybridized carbons (Fsp3) is 0.400. The van der Waals surface area contributed by atoms with Crippen molar-refractivity contribution in [3.8, 4) is 16.9 Å². The summed E-state index contributed by atoms with van der Waals surface area (Å²) in [5.41, 5.74) is 3.36. The van der Waals surface area contributed by atoms with Gasteiger partial charge in [0, 0.05) is 17.2 Å². The molecule has 4 saturated carbocycles. The van der Waals surface area contributed by atoms with E-state index in [4.69, 9.17) is 28.3 Å². The number of hydrogen-bond donors (Lipinski definition) is 2. The summed E-state index contributed by atoms with van der Waals surface area (Å²) in [7, 11) is 0. The molecular formula is C25H24Cl2O3. The van der Waals surface area contributed by atoms with Crippen molar-refractivity contribution in [3.63, 3.8) is 0 Å². The maximum absolute atomic E-state index is 10.8. The van der Waals surface area contributed by atoms with Crippen molar-refractivity contribution in [1.82, 2.24) is 0 Å². The number of benzene rings is 2. The summed E-state index contributed by atoms with van der Waals surface area (Å²) in [5, 5.41) is 20.6. The molecule has 0 heterocycles. The van der Waals surface area contributed by atoms with Gasteiger partial charge in [0.1, 0.15) is 5.75 Å². The first-order chi connectivity index (χ1) is 14.3. The Morgan fingerprint density at radius 3 is 2.07 bits per heavy atom. The average Bonchev–Trinajstić information content (AvgIpc) is 2.66. The SMILES string of the molecule is O=C(O)/C=C/c1cc(Cl)c(-c2ccc(O)c(C34CC5CC(CC(C5)C3)C4)c2)c(Cl)c1. The predicted octanol–water partition coefficient (Wildman–Crippen LogP) is 6.93. The molecule has 5 heteroatoms. The molecule has 4 fully saturated rings. The number of rotatable bonds is 4. The Balaban J connectivity index is 1.55. The van der Waals surface area contributed by atoms with E-state index in [0.717, 1.165) is 59.8 Å². The minimum absolute atomic E-state index is 0.0674. The summed E-state index contributed by atoms with van der Waals surface area (Å²) in [6, 6.07) is 9.16. The summed E-state index contributed by atoms with van der Waals surface area (Å²) in [6.07, 6.45) is 10.1. The zero-order valence-electron chi connectivity index (χ0n) is 16.6. The van der Waals surface area contributed by atoms with Gasteiger partial charge in [-0.1, -0.05) is 29.3 Å². The van der Waals surface area contributed by atoms with E-state index in [1.807, 2.05) is 6.07 Å². The molecule has 0 spiro atoms. The number of carboxylic acid groups (broad SMARTS) is 1. The number of aliphatic carboxylic acids is 1. The first kappa shape index (κ1) is 20.0. The Morgan fingerprint density at radius 1 is 0.967 bits per heavy atom. The van der Waals surface area contributed by atoms with Crippen molar-refractivity contribution < 1.29 is 15.0 Å². The fourth-order valence-corrected chi connectivity index (χ4v) is 7.41. The van der Waals surface area contributed by atoms with Gasteiger partial charge < -0.3 is 10.2 Å². The van der Waals surface area contributed by atoms with E-state index >= 15 is 0 Å². The molecule has 0 aromatic heterocycles. The van der Waals surface area contributed by atoms with Gasteiger partial charge in [-0.15, -0.1) is 0 Å². The van der Waals surface area contributed by atoms with E-state index in [-0.39, 0.29) is 5.41 Å². The maximum atomic E-state index is 10.8. The number of phenolic OH excluding ortho intramolecular Hbond substituents is 1. The van der Waals surface area contributed by atoms with Gasteiger partial charge >= 0.3 is 5.97 Å². The Bertz CT molecular complexity index is 998. The standard InChI is InChI=1S/C25H24Cl2O3/c26-20-8-14(1-4-23(29)30)9-21(27)24(20)18-2-3-22(28)19(10-18)25-11-15-5-16(12-25)7-17(6-15)13-25/h1-4,8-10,15-17,28H,5-7,11-13H2,(H,29,30)/b4-1+. The van der Waals surface area contributed by atoms with E-state index in [2.05, 4.69) is 6.07 Å². The minimum atomic E-state index is -1.02. The summed E-state index contributed by atoms with van der Waals surface area (Å²) < 4.78 is 0. The van der Waals surface area contributed by atoms with Crippen LogP contribution >= 0.6 is 23.2 Å². The molecular weight excluding hydrogens is 419 g/mol. The van der Waals surface area contributed by atoms with Gasteiger partial charge in [-0.25, -0.2) is 4.79 Å². The Hall–Kier alpha value is -1.97. The Morgan fingerprint density at radius 2 is 1.53 bits per heavy atom. The van der Waals surface area contributed by atoms with Crippen molar-refractivity contribution in [2.45, 2.75) is 43.9 Å². The van der Waals surface area contributed by atoms with Crippen LogP contribution in [-0.2, 0) is 10.2 Å². The molecule has 4 bridgehead atoms. The van der Waals surface area contributed by atoms with Gasteiger partial charge in [0.2, 0.25) is 0 Å². The van der Waals surface area contributed by atoms with Gasteiger partial charge in [0.25, 0.3) is 0 Å². The highest BCUT2D eigenvalue weighted by Crippen LogP contribution is 2.62. The van der Waals surface area contributed by atoms with Crippen molar-refractivity contribution >= 4 is 35.2 Å². The van der Waals surface area contributed by atoms with Crippen LogP contribution in [-0.4, -0.2) is 16.2 Å². The Labute approximate surface area is 186 Å². The molecule has 3 nitrogen and oxygen atoms in total.